The van der Waals surface area contributed by atoms with Crippen LogP contribution in [0.25, 0.3) is 23.0 Å². The molecule has 4 heterocycles. The topological polar surface area (TPSA) is 87.4 Å². The van der Waals surface area contributed by atoms with Gasteiger partial charge in [0.2, 0.25) is 0 Å². The van der Waals surface area contributed by atoms with Gasteiger partial charge in [-0.3, -0.25) is 4.57 Å². The van der Waals surface area contributed by atoms with Crippen LogP contribution in [0.3, 0.4) is 0 Å². The summed E-state index contributed by atoms with van der Waals surface area (Å²) in [5.41, 5.74) is 5.08. The highest BCUT2D eigenvalue weighted by Crippen LogP contribution is 2.33. The maximum absolute atomic E-state index is 14.1. The van der Waals surface area contributed by atoms with Gasteiger partial charge in [-0.1, -0.05) is 29.6 Å². The van der Waals surface area contributed by atoms with Gasteiger partial charge in [-0.25, -0.2) is 14.1 Å². The smallest absolute Gasteiger partial charge is 0.278 e. The molecule has 1 aliphatic rings. The lowest BCUT2D eigenvalue weighted by Crippen LogP contribution is -2.04. The van der Waals surface area contributed by atoms with E-state index < -0.39 is 0 Å². The molecule has 0 saturated carbocycles. The van der Waals surface area contributed by atoms with Crippen molar-refractivity contribution < 1.29 is 8.91 Å². The normalized spacial score (nSPS) is 12.1. The monoisotopic (exact) mass is 389 g/mol. The van der Waals surface area contributed by atoms with E-state index in [1.165, 1.54) is 12.1 Å². The Bertz CT molecular complexity index is 1280. The third-order valence-corrected chi connectivity index (χ3v) is 4.88. The average molecular weight is 389 g/mol. The zero-order valence-corrected chi connectivity index (χ0v) is 15.6. The van der Waals surface area contributed by atoms with Gasteiger partial charge in [0, 0.05) is 18.9 Å². The van der Waals surface area contributed by atoms with E-state index in [1.807, 2.05) is 4.57 Å². The summed E-state index contributed by atoms with van der Waals surface area (Å²) in [6, 6.07) is 4.53. The molecule has 0 unspecified atom stereocenters. The first-order valence-electron chi connectivity index (χ1n) is 8.96. The van der Waals surface area contributed by atoms with E-state index in [-0.39, 0.29) is 5.82 Å². The van der Waals surface area contributed by atoms with Crippen LogP contribution in [-0.4, -0.2) is 34.7 Å². The molecule has 0 saturated heterocycles. The largest absolute Gasteiger partial charge is 0.332 e. The standard InChI is InChI=1S/C20H16FN7O/c1-4-11(2)7-14-16-9-18-19(20-23-12(3)25-29-20)22-10-27(18)15-6-5-13(21)8-17(15)28(16)26-24-14/h4-6,8,10H,1-2,7,9H2,3H3. The molecule has 0 aliphatic carbocycles. The van der Waals surface area contributed by atoms with Crippen LogP contribution in [0, 0.1) is 12.7 Å². The van der Waals surface area contributed by atoms with Gasteiger partial charge in [-0.15, -0.1) is 5.10 Å². The number of rotatable bonds is 4. The molecule has 1 aliphatic heterocycles. The van der Waals surface area contributed by atoms with Gasteiger partial charge in [-0.2, -0.15) is 4.98 Å². The summed E-state index contributed by atoms with van der Waals surface area (Å²) in [5, 5.41) is 12.5. The molecule has 1 aromatic carbocycles. The van der Waals surface area contributed by atoms with Gasteiger partial charge in [0.25, 0.3) is 5.89 Å². The molecule has 0 amide bonds. The van der Waals surface area contributed by atoms with Crippen LogP contribution in [0.5, 0.6) is 0 Å². The molecule has 0 atom stereocenters. The van der Waals surface area contributed by atoms with Gasteiger partial charge in [0.15, 0.2) is 11.5 Å². The second kappa shape index (κ2) is 6.33. The molecule has 0 bridgehead atoms. The van der Waals surface area contributed by atoms with Gasteiger partial charge >= 0.3 is 0 Å². The Labute approximate surface area is 165 Å². The summed E-state index contributed by atoms with van der Waals surface area (Å²) in [6.07, 6.45) is 4.29. The molecular weight excluding hydrogens is 373 g/mol. The van der Waals surface area contributed by atoms with Gasteiger partial charge in [0.1, 0.15) is 12.1 Å². The first-order valence-corrected chi connectivity index (χ1v) is 8.96. The van der Waals surface area contributed by atoms with E-state index in [0.717, 1.165) is 28.3 Å². The van der Waals surface area contributed by atoms with E-state index in [9.17, 15) is 4.39 Å². The third-order valence-electron chi connectivity index (χ3n) is 4.88. The van der Waals surface area contributed by atoms with Crippen LogP contribution in [0.1, 0.15) is 22.9 Å². The lowest BCUT2D eigenvalue weighted by Gasteiger charge is -2.09. The molecule has 3 aromatic heterocycles. The Balaban J connectivity index is 1.76. The van der Waals surface area contributed by atoms with Crippen LogP contribution < -0.4 is 0 Å². The Morgan fingerprint density at radius 1 is 1.31 bits per heavy atom. The number of aryl methyl sites for hydroxylation is 1. The lowest BCUT2D eigenvalue weighted by atomic mass is 10.1. The SMILES string of the molecule is C=CC(=C)Cc1nnn2c1Cc1c(-c3nc(C)no3)ncn1-c1ccc(F)cc1-2. The third kappa shape index (κ3) is 2.70. The summed E-state index contributed by atoms with van der Waals surface area (Å²) in [5.74, 6) is 0.490. The Hall–Kier alpha value is -3.88. The van der Waals surface area contributed by atoms with Crippen molar-refractivity contribution in [1.29, 1.82) is 0 Å². The highest BCUT2D eigenvalue weighted by atomic mass is 19.1. The average Bonchev–Trinajstić information content (AvgIpc) is 3.40. The minimum Gasteiger partial charge on any atom is -0.332 e. The fourth-order valence-electron chi connectivity index (χ4n) is 3.48. The number of nitrogens with zero attached hydrogens (tertiary/aromatic N) is 7. The first-order chi connectivity index (χ1) is 14.0. The van der Waals surface area contributed by atoms with Crippen molar-refractivity contribution in [2.45, 2.75) is 19.8 Å². The van der Waals surface area contributed by atoms with E-state index in [2.05, 4.69) is 38.6 Å². The van der Waals surface area contributed by atoms with Crippen molar-refractivity contribution in [3.05, 3.63) is 78.1 Å². The number of allylic oxidation sites excluding steroid dienone is 2. The predicted molar refractivity (Wildman–Crippen MR) is 102 cm³/mol. The second-order valence-electron chi connectivity index (χ2n) is 6.80. The fourth-order valence-corrected chi connectivity index (χ4v) is 3.48. The molecule has 0 fully saturated rings. The van der Waals surface area contributed by atoms with Crippen molar-refractivity contribution in [3.8, 4) is 23.0 Å². The molecule has 4 aromatic rings. The molecule has 8 nitrogen and oxygen atoms in total. The quantitative estimate of drug-likeness (QED) is 0.439. The number of benzene rings is 1. The highest BCUT2D eigenvalue weighted by molar-refractivity contribution is 5.61. The minimum absolute atomic E-state index is 0.331. The predicted octanol–water partition coefficient (Wildman–Crippen LogP) is 3.14. The van der Waals surface area contributed by atoms with E-state index >= 15 is 0 Å². The van der Waals surface area contributed by atoms with Crippen molar-refractivity contribution >= 4 is 0 Å². The Morgan fingerprint density at radius 3 is 2.93 bits per heavy atom. The highest BCUT2D eigenvalue weighted by Gasteiger charge is 2.28. The maximum atomic E-state index is 14.1. The summed E-state index contributed by atoms with van der Waals surface area (Å²) in [4.78, 5) is 8.81. The zero-order chi connectivity index (χ0) is 20.1. The minimum atomic E-state index is -0.362. The van der Waals surface area contributed by atoms with Crippen molar-refractivity contribution in [1.82, 2.24) is 34.7 Å². The van der Waals surface area contributed by atoms with Crippen LogP contribution >= 0.6 is 0 Å². The maximum Gasteiger partial charge on any atom is 0.278 e. The van der Waals surface area contributed by atoms with Crippen molar-refractivity contribution in [2.24, 2.45) is 0 Å². The summed E-state index contributed by atoms with van der Waals surface area (Å²) < 4.78 is 23.0. The molecular formula is C20H16FN7O. The molecule has 0 spiro atoms. The molecule has 0 radical (unpaired) electrons. The van der Waals surface area contributed by atoms with Gasteiger partial charge in [-0.05, 0) is 24.6 Å². The van der Waals surface area contributed by atoms with Crippen LogP contribution in [0.4, 0.5) is 4.39 Å². The zero-order valence-electron chi connectivity index (χ0n) is 15.6. The number of hydrogen-bond acceptors (Lipinski definition) is 6. The lowest BCUT2D eigenvalue weighted by molar-refractivity contribution is 0.424. The molecule has 29 heavy (non-hydrogen) atoms. The number of hydrogen-bond donors (Lipinski definition) is 0. The summed E-state index contributed by atoms with van der Waals surface area (Å²) in [6.45, 7) is 9.48. The summed E-state index contributed by atoms with van der Waals surface area (Å²) >= 11 is 0. The fraction of sp³-hybridized carbons (Fsp3) is 0.150. The van der Waals surface area contributed by atoms with E-state index in [0.29, 0.717) is 35.9 Å². The molecule has 9 heteroatoms. The van der Waals surface area contributed by atoms with Gasteiger partial charge in [0.05, 0.1) is 28.5 Å². The van der Waals surface area contributed by atoms with E-state index in [1.54, 1.807) is 30.1 Å². The number of aromatic nitrogens is 7. The van der Waals surface area contributed by atoms with Crippen LogP contribution in [-0.2, 0) is 12.8 Å². The molecule has 144 valence electrons. The number of fused-ring (bicyclic) bond motifs is 5. The van der Waals surface area contributed by atoms with Crippen LogP contribution in [0.15, 0.2) is 53.9 Å². The number of halogens is 1. The molecule has 0 N–H and O–H groups in total. The van der Waals surface area contributed by atoms with Crippen molar-refractivity contribution in [2.75, 3.05) is 0 Å². The Morgan fingerprint density at radius 2 is 2.17 bits per heavy atom. The summed E-state index contributed by atoms with van der Waals surface area (Å²) in [7, 11) is 0. The van der Waals surface area contributed by atoms with Crippen molar-refractivity contribution in [3.63, 3.8) is 0 Å². The molecule has 5 rings (SSSR count). The second-order valence-corrected chi connectivity index (χ2v) is 6.80. The number of imidazole rings is 1. The van der Waals surface area contributed by atoms with Crippen LogP contribution in [0.2, 0.25) is 0 Å². The van der Waals surface area contributed by atoms with E-state index in [4.69, 9.17) is 4.52 Å². The Kier molecular flexibility index (Phi) is 3.76. The van der Waals surface area contributed by atoms with Gasteiger partial charge < -0.3 is 4.52 Å². The first kappa shape index (κ1) is 17.2.